The zero-order valence-corrected chi connectivity index (χ0v) is 21.0. The summed E-state index contributed by atoms with van der Waals surface area (Å²) < 4.78 is 26.9. The second-order valence-corrected chi connectivity index (χ2v) is 9.33. The summed E-state index contributed by atoms with van der Waals surface area (Å²) in [4.78, 5) is 14.2. The van der Waals surface area contributed by atoms with Crippen LogP contribution in [0.2, 0.25) is 5.02 Å². The maximum Gasteiger partial charge on any atom is 0.335 e. The molecular formula is C29H26ClFN2O4. The fraction of sp³-hybridized carbons (Fsp3) is 0.207. The smallest absolute Gasteiger partial charge is 0.335 e. The van der Waals surface area contributed by atoms with Crippen LogP contribution in [0.3, 0.4) is 0 Å². The summed E-state index contributed by atoms with van der Waals surface area (Å²) >= 11 is 6.40. The molecule has 0 radical (unpaired) electrons. The van der Waals surface area contributed by atoms with Crippen molar-refractivity contribution in [1.82, 2.24) is 4.57 Å². The van der Waals surface area contributed by atoms with Crippen LogP contribution in [0.1, 0.15) is 21.6 Å². The van der Waals surface area contributed by atoms with Crippen LogP contribution in [0.4, 0.5) is 10.1 Å². The SMILES string of the molecule is Cc1ccc(-c2cc(Cl)ccc2OCc2ccc(F)cc2)n1-c1cc(C(=O)O)cc(N2CCOCC2)c1. The lowest BCUT2D eigenvalue weighted by molar-refractivity contribution is 0.0697. The monoisotopic (exact) mass is 520 g/mol. The standard InChI is InChI=1S/C29H26ClFN2O4/c1-19-2-8-27(26-16-22(30)5-9-28(26)37-18-20-3-6-23(31)7-4-20)33(19)25-15-21(29(34)35)14-24(17-25)32-10-12-36-13-11-32/h2-9,14-17H,10-13,18H2,1H3,(H,34,35). The van der Waals surface area contributed by atoms with E-state index in [1.54, 1.807) is 36.4 Å². The Morgan fingerprint density at radius 2 is 1.73 bits per heavy atom. The molecule has 0 saturated carbocycles. The summed E-state index contributed by atoms with van der Waals surface area (Å²) in [6.07, 6.45) is 0. The number of nitrogens with zero attached hydrogens (tertiary/aromatic N) is 2. The van der Waals surface area contributed by atoms with Crippen molar-refractivity contribution in [2.24, 2.45) is 0 Å². The number of benzene rings is 3. The lowest BCUT2D eigenvalue weighted by Gasteiger charge is -2.29. The first-order valence-corrected chi connectivity index (χ1v) is 12.3. The van der Waals surface area contributed by atoms with Gasteiger partial charge in [0, 0.05) is 40.7 Å². The fourth-order valence-electron chi connectivity index (χ4n) is 4.51. The number of rotatable bonds is 7. The summed E-state index contributed by atoms with van der Waals surface area (Å²) in [5.41, 5.74) is 5.09. The second kappa shape index (κ2) is 10.7. The molecule has 1 fully saturated rings. The Kier molecular flexibility index (Phi) is 7.17. The van der Waals surface area contributed by atoms with Crippen molar-refractivity contribution in [2.45, 2.75) is 13.5 Å². The molecule has 8 heteroatoms. The molecule has 37 heavy (non-hydrogen) atoms. The summed E-state index contributed by atoms with van der Waals surface area (Å²) in [7, 11) is 0. The average Bonchev–Trinajstić information content (AvgIpc) is 3.30. The first-order valence-electron chi connectivity index (χ1n) is 12.0. The van der Waals surface area contributed by atoms with Crippen LogP contribution in [0.15, 0.2) is 72.8 Å². The van der Waals surface area contributed by atoms with Gasteiger partial charge in [0.05, 0.1) is 24.5 Å². The molecule has 6 nitrogen and oxygen atoms in total. The molecule has 4 aromatic rings. The summed E-state index contributed by atoms with van der Waals surface area (Å²) in [6.45, 7) is 4.79. The van der Waals surface area contributed by atoms with Crippen LogP contribution < -0.4 is 9.64 Å². The van der Waals surface area contributed by atoms with Crippen molar-refractivity contribution < 1.29 is 23.8 Å². The van der Waals surface area contributed by atoms with Crippen molar-refractivity contribution in [3.63, 3.8) is 0 Å². The molecule has 0 spiro atoms. The summed E-state index contributed by atoms with van der Waals surface area (Å²) in [6, 6.07) is 20.9. The molecule has 0 aliphatic carbocycles. The van der Waals surface area contributed by atoms with Gasteiger partial charge in [-0.2, -0.15) is 0 Å². The van der Waals surface area contributed by atoms with Crippen LogP contribution in [0.25, 0.3) is 16.9 Å². The third-order valence-electron chi connectivity index (χ3n) is 6.39. The number of carboxylic acids is 1. The van der Waals surface area contributed by atoms with Crippen LogP contribution >= 0.6 is 11.6 Å². The van der Waals surface area contributed by atoms with E-state index in [9.17, 15) is 14.3 Å². The number of carbonyl (C=O) groups is 1. The van der Waals surface area contributed by atoms with Gasteiger partial charge >= 0.3 is 5.97 Å². The molecule has 0 bridgehead atoms. The van der Waals surface area contributed by atoms with Gasteiger partial charge in [-0.1, -0.05) is 23.7 Å². The van der Waals surface area contributed by atoms with Crippen LogP contribution in [-0.2, 0) is 11.3 Å². The first kappa shape index (κ1) is 24.9. The average molecular weight is 521 g/mol. The predicted octanol–water partition coefficient (Wildman–Crippen LogP) is 6.36. The highest BCUT2D eigenvalue weighted by atomic mass is 35.5. The van der Waals surface area contributed by atoms with Gasteiger partial charge in [-0.05, 0) is 73.2 Å². The minimum Gasteiger partial charge on any atom is -0.488 e. The summed E-state index contributed by atoms with van der Waals surface area (Å²) in [5.74, 6) is -0.686. The van der Waals surface area contributed by atoms with Crippen molar-refractivity contribution in [1.29, 1.82) is 0 Å². The molecule has 0 amide bonds. The molecule has 2 heterocycles. The van der Waals surface area contributed by atoms with Gasteiger partial charge in [-0.25, -0.2) is 9.18 Å². The van der Waals surface area contributed by atoms with E-state index in [-0.39, 0.29) is 18.0 Å². The van der Waals surface area contributed by atoms with E-state index in [0.717, 1.165) is 33.9 Å². The third kappa shape index (κ3) is 5.48. The minimum absolute atomic E-state index is 0.205. The van der Waals surface area contributed by atoms with E-state index in [0.29, 0.717) is 37.1 Å². The molecule has 1 aromatic heterocycles. The lowest BCUT2D eigenvalue weighted by atomic mass is 10.1. The number of ether oxygens (including phenoxy) is 2. The molecular weight excluding hydrogens is 495 g/mol. The van der Waals surface area contributed by atoms with E-state index in [1.165, 1.54) is 12.1 Å². The Labute approximate surface area is 219 Å². The van der Waals surface area contributed by atoms with Gasteiger partial charge in [0.15, 0.2) is 0 Å². The molecule has 0 atom stereocenters. The zero-order valence-electron chi connectivity index (χ0n) is 20.3. The number of aryl methyl sites for hydroxylation is 1. The highest BCUT2D eigenvalue weighted by Gasteiger charge is 2.19. The molecule has 190 valence electrons. The Morgan fingerprint density at radius 1 is 1.00 bits per heavy atom. The number of hydrogen-bond donors (Lipinski definition) is 1. The Hall–Kier alpha value is -3.81. The Balaban J connectivity index is 1.57. The molecule has 1 aliphatic rings. The predicted molar refractivity (Wildman–Crippen MR) is 142 cm³/mol. The summed E-state index contributed by atoms with van der Waals surface area (Å²) in [5, 5.41) is 10.4. The van der Waals surface area contributed by atoms with Crippen molar-refractivity contribution in [3.05, 3.63) is 100 Å². The molecule has 5 rings (SSSR count). The van der Waals surface area contributed by atoms with Gasteiger partial charge in [-0.15, -0.1) is 0 Å². The number of aromatic carboxylic acids is 1. The van der Waals surface area contributed by atoms with Gasteiger partial charge in [0.25, 0.3) is 0 Å². The van der Waals surface area contributed by atoms with E-state index in [1.807, 2.05) is 35.8 Å². The van der Waals surface area contributed by atoms with Gasteiger partial charge in [-0.3, -0.25) is 0 Å². The molecule has 3 aromatic carbocycles. The first-order chi connectivity index (χ1) is 17.9. The van der Waals surface area contributed by atoms with Crippen LogP contribution in [0.5, 0.6) is 5.75 Å². The third-order valence-corrected chi connectivity index (χ3v) is 6.62. The van der Waals surface area contributed by atoms with Crippen LogP contribution in [-0.4, -0.2) is 41.9 Å². The second-order valence-electron chi connectivity index (χ2n) is 8.89. The van der Waals surface area contributed by atoms with Crippen molar-refractivity contribution in [2.75, 3.05) is 31.2 Å². The number of carboxylic acid groups (broad SMARTS) is 1. The largest absolute Gasteiger partial charge is 0.488 e. The normalized spacial score (nSPS) is 13.5. The number of aromatic nitrogens is 1. The van der Waals surface area contributed by atoms with Gasteiger partial charge in [0.2, 0.25) is 0 Å². The molecule has 1 N–H and O–H groups in total. The zero-order chi connectivity index (χ0) is 25.9. The van der Waals surface area contributed by atoms with Crippen LogP contribution in [0, 0.1) is 12.7 Å². The van der Waals surface area contributed by atoms with E-state index in [4.69, 9.17) is 21.1 Å². The maximum atomic E-state index is 13.3. The molecule has 1 saturated heterocycles. The van der Waals surface area contributed by atoms with Crippen molar-refractivity contribution in [3.8, 4) is 22.7 Å². The Morgan fingerprint density at radius 3 is 2.46 bits per heavy atom. The molecule has 1 aliphatic heterocycles. The van der Waals surface area contributed by atoms with Gasteiger partial charge in [0.1, 0.15) is 18.2 Å². The number of halogens is 2. The van der Waals surface area contributed by atoms with E-state index >= 15 is 0 Å². The van der Waals surface area contributed by atoms with Gasteiger partial charge < -0.3 is 24.0 Å². The van der Waals surface area contributed by atoms with E-state index in [2.05, 4.69) is 4.90 Å². The minimum atomic E-state index is -0.992. The number of hydrogen-bond acceptors (Lipinski definition) is 4. The topological polar surface area (TPSA) is 63.9 Å². The quantitative estimate of drug-likeness (QED) is 0.307. The highest BCUT2D eigenvalue weighted by Crippen LogP contribution is 2.37. The lowest BCUT2D eigenvalue weighted by Crippen LogP contribution is -2.36. The molecule has 0 unspecified atom stereocenters. The van der Waals surface area contributed by atoms with E-state index < -0.39 is 5.97 Å². The Bertz CT molecular complexity index is 1430. The number of morpholine rings is 1. The fourth-order valence-corrected chi connectivity index (χ4v) is 4.69. The van der Waals surface area contributed by atoms with Crippen molar-refractivity contribution >= 4 is 23.3 Å². The number of anilines is 1. The maximum absolute atomic E-state index is 13.3. The highest BCUT2D eigenvalue weighted by molar-refractivity contribution is 6.31.